The molecular formula is C19H19N5O. The zero-order valence-corrected chi connectivity index (χ0v) is 14.0. The van der Waals surface area contributed by atoms with E-state index >= 15 is 0 Å². The lowest BCUT2D eigenvalue weighted by Crippen LogP contribution is -2.51. The fourth-order valence-electron chi connectivity index (χ4n) is 3.18. The van der Waals surface area contributed by atoms with E-state index < -0.39 is 0 Å². The molecule has 25 heavy (non-hydrogen) atoms. The van der Waals surface area contributed by atoms with Crippen LogP contribution in [0.2, 0.25) is 0 Å². The quantitative estimate of drug-likeness (QED) is 0.735. The molecule has 1 saturated heterocycles. The van der Waals surface area contributed by atoms with E-state index in [0.29, 0.717) is 11.6 Å². The van der Waals surface area contributed by atoms with Crippen molar-refractivity contribution >= 4 is 5.91 Å². The zero-order valence-electron chi connectivity index (χ0n) is 14.0. The van der Waals surface area contributed by atoms with Crippen LogP contribution in [0.3, 0.4) is 0 Å². The number of carbonyl (C=O) groups is 1. The van der Waals surface area contributed by atoms with Gasteiger partial charge in [0, 0.05) is 61.6 Å². The summed E-state index contributed by atoms with van der Waals surface area (Å²) in [5, 5.41) is 0. The van der Waals surface area contributed by atoms with Crippen molar-refractivity contribution in [2.24, 2.45) is 5.92 Å². The Kier molecular flexibility index (Phi) is 4.01. The molecule has 0 atom stereocenters. The molecule has 4 rings (SSSR count). The predicted molar refractivity (Wildman–Crippen MR) is 93.8 cm³/mol. The predicted octanol–water partition coefficient (Wildman–Crippen LogP) is 2.42. The average Bonchev–Trinajstić information content (AvgIpc) is 2.99. The summed E-state index contributed by atoms with van der Waals surface area (Å²) in [6.45, 7) is 4.42. The van der Waals surface area contributed by atoms with Crippen LogP contribution in [-0.4, -0.2) is 43.4 Å². The van der Waals surface area contributed by atoms with Crippen LogP contribution in [-0.2, 0) is 6.54 Å². The number of aryl methyl sites for hydroxylation is 1. The van der Waals surface area contributed by atoms with Crippen molar-refractivity contribution in [3.63, 3.8) is 0 Å². The maximum atomic E-state index is 12.4. The van der Waals surface area contributed by atoms with Crippen LogP contribution >= 0.6 is 0 Å². The van der Waals surface area contributed by atoms with Crippen molar-refractivity contribution in [1.82, 2.24) is 24.4 Å². The first-order chi connectivity index (χ1) is 12.2. The van der Waals surface area contributed by atoms with Crippen LogP contribution in [0.25, 0.3) is 11.4 Å². The van der Waals surface area contributed by atoms with Crippen LogP contribution in [0.5, 0.6) is 0 Å². The Balaban J connectivity index is 1.44. The summed E-state index contributed by atoms with van der Waals surface area (Å²) >= 11 is 0. The zero-order chi connectivity index (χ0) is 17.2. The number of hydrogen-bond donors (Lipinski definition) is 0. The number of pyridine rings is 2. The van der Waals surface area contributed by atoms with Crippen molar-refractivity contribution in [3.8, 4) is 11.4 Å². The number of aromatic nitrogens is 4. The molecule has 0 aromatic carbocycles. The summed E-state index contributed by atoms with van der Waals surface area (Å²) < 4.78 is 2.22. The molecule has 0 bridgehead atoms. The van der Waals surface area contributed by atoms with Gasteiger partial charge in [-0.3, -0.25) is 14.8 Å². The summed E-state index contributed by atoms with van der Waals surface area (Å²) in [7, 11) is 0. The fraction of sp³-hybridized carbons (Fsp3) is 0.263. The molecule has 6 heteroatoms. The summed E-state index contributed by atoms with van der Waals surface area (Å²) in [5.74, 6) is 1.39. The van der Waals surface area contributed by atoms with E-state index in [1.54, 1.807) is 24.7 Å². The lowest BCUT2D eigenvalue weighted by Gasteiger charge is -2.39. The average molecular weight is 333 g/mol. The van der Waals surface area contributed by atoms with Gasteiger partial charge in [0.1, 0.15) is 11.5 Å². The van der Waals surface area contributed by atoms with Gasteiger partial charge in [-0.1, -0.05) is 6.07 Å². The van der Waals surface area contributed by atoms with E-state index in [1.807, 2.05) is 35.4 Å². The SMILES string of the molecule is Cc1cnc(-c2ccncc2)n1CC1CN(C(=O)c2ccccn2)C1. The molecule has 1 amide bonds. The molecule has 0 spiro atoms. The molecule has 0 N–H and O–H groups in total. The van der Waals surface area contributed by atoms with Gasteiger partial charge in [-0.25, -0.2) is 4.98 Å². The lowest BCUT2D eigenvalue weighted by atomic mass is 9.99. The third kappa shape index (κ3) is 3.03. The van der Waals surface area contributed by atoms with Gasteiger partial charge in [0.05, 0.1) is 0 Å². The summed E-state index contributed by atoms with van der Waals surface area (Å²) in [4.78, 5) is 27.0. The topological polar surface area (TPSA) is 63.9 Å². The Morgan fingerprint density at radius 2 is 1.92 bits per heavy atom. The molecule has 0 radical (unpaired) electrons. The van der Waals surface area contributed by atoms with Crippen molar-refractivity contribution < 1.29 is 4.79 Å². The highest BCUT2D eigenvalue weighted by molar-refractivity contribution is 5.92. The first kappa shape index (κ1) is 15.5. The van der Waals surface area contributed by atoms with Gasteiger partial charge in [-0.05, 0) is 31.2 Å². The first-order valence-corrected chi connectivity index (χ1v) is 8.35. The number of likely N-dealkylation sites (tertiary alicyclic amines) is 1. The van der Waals surface area contributed by atoms with Crippen LogP contribution in [0.15, 0.2) is 55.1 Å². The second-order valence-electron chi connectivity index (χ2n) is 6.36. The maximum absolute atomic E-state index is 12.4. The monoisotopic (exact) mass is 333 g/mol. The number of hydrogen-bond acceptors (Lipinski definition) is 4. The highest BCUT2D eigenvalue weighted by Gasteiger charge is 2.32. The van der Waals surface area contributed by atoms with Crippen molar-refractivity contribution in [3.05, 3.63) is 66.5 Å². The van der Waals surface area contributed by atoms with E-state index in [1.165, 1.54) is 0 Å². The summed E-state index contributed by atoms with van der Waals surface area (Å²) in [5.41, 5.74) is 2.70. The van der Waals surface area contributed by atoms with Crippen molar-refractivity contribution in [2.45, 2.75) is 13.5 Å². The molecule has 3 aromatic rings. The lowest BCUT2D eigenvalue weighted by molar-refractivity contribution is 0.0463. The number of nitrogens with zero attached hydrogens (tertiary/aromatic N) is 5. The molecule has 126 valence electrons. The number of imidazole rings is 1. The Bertz CT molecular complexity index is 869. The third-order valence-electron chi connectivity index (χ3n) is 4.56. The molecule has 0 aliphatic carbocycles. The molecule has 1 fully saturated rings. The van der Waals surface area contributed by atoms with Crippen LogP contribution < -0.4 is 0 Å². The molecule has 6 nitrogen and oxygen atoms in total. The number of amides is 1. The Morgan fingerprint density at radius 1 is 1.12 bits per heavy atom. The van der Waals surface area contributed by atoms with E-state index in [4.69, 9.17) is 0 Å². The fourth-order valence-corrected chi connectivity index (χ4v) is 3.18. The largest absolute Gasteiger partial charge is 0.336 e. The molecule has 0 saturated carbocycles. The van der Waals surface area contributed by atoms with Crippen molar-refractivity contribution in [1.29, 1.82) is 0 Å². The van der Waals surface area contributed by atoms with Gasteiger partial charge in [0.25, 0.3) is 5.91 Å². The number of rotatable bonds is 4. The van der Waals surface area contributed by atoms with Gasteiger partial charge in [0.15, 0.2) is 0 Å². The van der Waals surface area contributed by atoms with E-state index in [9.17, 15) is 4.79 Å². The molecule has 1 aliphatic rings. The first-order valence-electron chi connectivity index (χ1n) is 8.35. The van der Waals surface area contributed by atoms with Crippen molar-refractivity contribution in [2.75, 3.05) is 13.1 Å². The minimum absolute atomic E-state index is 0.00793. The molecular weight excluding hydrogens is 314 g/mol. The van der Waals surface area contributed by atoms with Crippen LogP contribution in [0.4, 0.5) is 0 Å². The molecule has 3 aromatic heterocycles. The second-order valence-corrected chi connectivity index (χ2v) is 6.36. The van der Waals surface area contributed by atoms with E-state index in [2.05, 4.69) is 26.4 Å². The van der Waals surface area contributed by atoms with Crippen LogP contribution in [0.1, 0.15) is 16.2 Å². The second kappa shape index (κ2) is 6.47. The third-order valence-corrected chi connectivity index (χ3v) is 4.56. The molecule has 4 heterocycles. The number of carbonyl (C=O) groups excluding carboxylic acids is 1. The Labute approximate surface area is 146 Å². The minimum atomic E-state index is 0.00793. The summed E-state index contributed by atoms with van der Waals surface area (Å²) in [6, 6.07) is 9.36. The molecule has 0 unspecified atom stereocenters. The van der Waals surface area contributed by atoms with Gasteiger partial charge in [-0.2, -0.15) is 0 Å². The maximum Gasteiger partial charge on any atom is 0.272 e. The van der Waals surface area contributed by atoms with Gasteiger partial charge < -0.3 is 9.47 Å². The Hall–Kier alpha value is -3.02. The standard InChI is InChI=1S/C19H19N5O/c1-14-10-22-18(16-5-8-20-9-6-16)24(14)13-15-11-23(12-15)19(25)17-4-2-3-7-21-17/h2-10,15H,11-13H2,1H3. The van der Waals surface area contributed by atoms with E-state index in [-0.39, 0.29) is 5.91 Å². The van der Waals surface area contributed by atoms with Gasteiger partial charge in [-0.15, -0.1) is 0 Å². The van der Waals surface area contributed by atoms with Gasteiger partial charge in [0.2, 0.25) is 0 Å². The highest BCUT2D eigenvalue weighted by Crippen LogP contribution is 2.24. The minimum Gasteiger partial charge on any atom is -0.336 e. The Morgan fingerprint density at radius 3 is 2.64 bits per heavy atom. The van der Waals surface area contributed by atoms with Gasteiger partial charge >= 0.3 is 0 Å². The van der Waals surface area contributed by atoms with E-state index in [0.717, 1.165) is 36.7 Å². The smallest absolute Gasteiger partial charge is 0.272 e. The van der Waals surface area contributed by atoms with Crippen LogP contribution in [0, 0.1) is 12.8 Å². The normalized spacial score (nSPS) is 14.4. The highest BCUT2D eigenvalue weighted by atomic mass is 16.2. The molecule has 1 aliphatic heterocycles. The summed E-state index contributed by atoms with van der Waals surface area (Å²) in [6.07, 6.45) is 7.10.